The predicted molar refractivity (Wildman–Crippen MR) is 53.0 cm³/mol. The Morgan fingerprint density at radius 2 is 2.07 bits per heavy atom. The second-order valence-corrected chi connectivity index (χ2v) is 4.12. The molecule has 0 unspecified atom stereocenters. The maximum absolute atomic E-state index is 11.6. The molecule has 0 bridgehead atoms. The van der Waals surface area contributed by atoms with Crippen molar-refractivity contribution in [1.29, 1.82) is 0 Å². The van der Waals surface area contributed by atoms with Crippen LogP contribution in [0.1, 0.15) is 32.1 Å². The van der Waals surface area contributed by atoms with Gasteiger partial charge in [0.1, 0.15) is 7.11 Å². The third kappa shape index (κ3) is 1.38. The molecule has 2 fully saturated rings. The molecular formula is C10H16N2O2. The normalized spacial score (nSPS) is 28.1. The first kappa shape index (κ1) is 9.49. The van der Waals surface area contributed by atoms with Gasteiger partial charge < -0.3 is 10.2 Å². The zero-order valence-corrected chi connectivity index (χ0v) is 8.51. The van der Waals surface area contributed by atoms with E-state index in [1.807, 2.05) is 0 Å². The Morgan fingerprint density at radius 3 is 2.71 bits per heavy atom. The van der Waals surface area contributed by atoms with Gasteiger partial charge >= 0.3 is 0 Å². The Balaban J connectivity index is 2.28. The molecule has 1 aliphatic heterocycles. The van der Waals surface area contributed by atoms with E-state index in [4.69, 9.17) is 4.84 Å². The van der Waals surface area contributed by atoms with Crippen LogP contribution < -0.4 is 5.32 Å². The van der Waals surface area contributed by atoms with Crippen LogP contribution in [0.4, 0.5) is 0 Å². The largest absolute Gasteiger partial charge is 0.399 e. The number of rotatable bonds is 1. The molecule has 1 heterocycles. The smallest absolute Gasteiger partial charge is 0.269 e. The van der Waals surface area contributed by atoms with Crippen molar-refractivity contribution < 1.29 is 9.63 Å². The van der Waals surface area contributed by atoms with E-state index in [1.165, 1.54) is 20.0 Å². The minimum absolute atomic E-state index is 0.0261. The first-order valence-electron chi connectivity index (χ1n) is 5.18. The monoisotopic (exact) mass is 196 g/mol. The lowest BCUT2D eigenvalue weighted by Gasteiger charge is -2.33. The molecule has 4 nitrogen and oxygen atoms in total. The van der Waals surface area contributed by atoms with Gasteiger partial charge in [-0.1, -0.05) is 18.0 Å². The topological polar surface area (TPSA) is 50.7 Å². The number of amides is 1. The van der Waals surface area contributed by atoms with Gasteiger partial charge in [-0.05, 0) is 19.3 Å². The van der Waals surface area contributed by atoms with Crippen molar-refractivity contribution in [1.82, 2.24) is 5.32 Å². The Kier molecular flexibility index (Phi) is 2.44. The fraction of sp³-hybridized carbons (Fsp3) is 0.800. The number of nitrogens with zero attached hydrogens (tertiary/aromatic N) is 1. The third-order valence-corrected chi connectivity index (χ3v) is 3.35. The van der Waals surface area contributed by atoms with Crippen LogP contribution in [0.25, 0.3) is 0 Å². The molecule has 1 spiro atoms. The molecule has 2 rings (SSSR count). The average Bonchev–Trinajstić information content (AvgIpc) is 2.62. The first-order chi connectivity index (χ1) is 6.78. The zero-order valence-electron chi connectivity index (χ0n) is 8.51. The van der Waals surface area contributed by atoms with E-state index >= 15 is 0 Å². The summed E-state index contributed by atoms with van der Waals surface area (Å²) in [5.41, 5.74) is 0.641. The van der Waals surface area contributed by atoms with Crippen LogP contribution in [0.3, 0.4) is 0 Å². The molecule has 14 heavy (non-hydrogen) atoms. The maximum Gasteiger partial charge on any atom is 0.269 e. The van der Waals surface area contributed by atoms with Gasteiger partial charge in [0, 0.05) is 12.0 Å². The van der Waals surface area contributed by atoms with Crippen LogP contribution in [0.15, 0.2) is 5.16 Å². The van der Waals surface area contributed by atoms with E-state index in [-0.39, 0.29) is 11.3 Å². The van der Waals surface area contributed by atoms with E-state index in [2.05, 4.69) is 10.5 Å². The maximum atomic E-state index is 11.6. The first-order valence-corrected chi connectivity index (χ1v) is 5.18. The van der Waals surface area contributed by atoms with Gasteiger partial charge in [0.15, 0.2) is 5.71 Å². The quantitative estimate of drug-likeness (QED) is 0.638. The molecule has 1 amide bonds. The van der Waals surface area contributed by atoms with Crippen molar-refractivity contribution in [3.05, 3.63) is 0 Å². The van der Waals surface area contributed by atoms with Gasteiger partial charge in [-0.2, -0.15) is 0 Å². The van der Waals surface area contributed by atoms with Crippen molar-refractivity contribution in [3.63, 3.8) is 0 Å². The summed E-state index contributed by atoms with van der Waals surface area (Å²) in [6, 6.07) is 0. The number of carbonyl (C=O) groups excluding carboxylic acids is 1. The number of oxime groups is 1. The van der Waals surface area contributed by atoms with Crippen molar-refractivity contribution >= 4 is 11.6 Å². The number of piperidine rings is 1. The molecule has 4 heteroatoms. The number of hydrogen-bond donors (Lipinski definition) is 1. The summed E-state index contributed by atoms with van der Waals surface area (Å²) < 4.78 is 0. The summed E-state index contributed by atoms with van der Waals surface area (Å²) in [5, 5.41) is 6.72. The van der Waals surface area contributed by atoms with Crippen molar-refractivity contribution in [2.24, 2.45) is 10.6 Å². The van der Waals surface area contributed by atoms with Gasteiger partial charge in [-0.15, -0.1) is 0 Å². The highest BCUT2D eigenvalue weighted by molar-refractivity contribution is 6.41. The minimum atomic E-state index is -0.0417. The van der Waals surface area contributed by atoms with Crippen LogP contribution in [0.2, 0.25) is 0 Å². The summed E-state index contributed by atoms with van der Waals surface area (Å²) in [5.74, 6) is -0.0417. The van der Waals surface area contributed by atoms with Crippen molar-refractivity contribution in [2.45, 2.75) is 32.1 Å². The lowest BCUT2D eigenvalue weighted by Crippen LogP contribution is -2.48. The van der Waals surface area contributed by atoms with Gasteiger partial charge in [0.2, 0.25) is 0 Å². The SMILES string of the molecule is CON=C1C(=O)NCCC12CCCC2. The highest BCUT2D eigenvalue weighted by Gasteiger charge is 2.44. The highest BCUT2D eigenvalue weighted by atomic mass is 16.6. The van der Waals surface area contributed by atoms with Crippen molar-refractivity contribution in [2.75, 3.05) is 13.7 Å². The lowest BCUT2D eigenvalue weighted by molar-refractivity contribution is -0.116. The fourth-order valence-corrected chi connectivity index (χ4v) is 2.63. The average molecular weight is 196 g/mol. The standard InChI is InChI=1S/C10H16N2O2/c1-14-12-8-9(13)11-7-6-10(8)4-2-3-5-10/h2-7H2,1H3,(H,11,13). The number of carbonyl (C=O) groups is 1. The molecule has 0 atom stereocenters. The molecule has 2 aliphatic rings. The highest BCUT2D eigenvalue weighted by Crippen LogP contribution is 2.43. The second-order valence-electron chi connectivity index (χ2n) is 4.12. The summed E-state index contributed by atoms with van der Waals surface area (Å²) in [6.45, 7) is 0.779. The van der Waals surface area contributed by atoms with E-state index in [0.29, 0.717) is 5.71 Å². The van der Waals surface area contributed by atoms with E-state index < -0.39 is 0 Å². The van der Waals surface area contributed by atoms with Crippen LogP contribution in [0, 0.1) is 5.41 Å². The van der Waals surface area contributed by atoms with Crippen molar-refractivity contribution in [3.8, 4) is 0 Å². The summed E-state index contributed by atoms with van der Waals surface area (Å²) in [7, 11) is 1.50. The molecule has 1 N–H and O–H groups in total. The van der Waals surface area contributed by atoms with Gasteiger partial charge in [-0.3, -0.25) is 4.79 Å². The van der Waals surface area contributed by atoms with E-state index in [1.54, 1.807) is 0 Å². The molecule has 0 aromatic rings. The summed E-state index contributed by atoms with van der Waals surface area (Å²) in [4.78, 5) is 16.4. The molecular weight excluding hydrogens is 180 g/mol. The molecule has 78 valence electrons. The van der Waals surface area contributed by atoms with Crippen LogP contribution in [-0.4, -0.2) is 25.3 Å². The molecule has 0 radical (unpaired) electrons. The molecule has 0 aromatic carbocycles. The van der Waals surface area contributed by atoms with Gasteiger partial charge in [0.25, 0.3) is 5.91 Å². The van der Waals surface area contributed by atoms with E-state index in [0.717, 1.165) is 25.8 Å². The van der Waals surface area contributed by atoms with Crippen LogP contribution >= 0.6 is 0 Å². The zero-order chi connectivity index (χ0) is 10.0. The molecule has 0 aromatic heterocycles. The Labute approximate surface area is 83.7 Å². The number of nitrogens with one attached hydrogen (secondary N) is 1. The van der Waals surface area contributed by atoms with Gasteiger partial charge in [-0.25, -0.2) is 0 Å². The Bertz CT molecular complexity index is 267. The number of hydrogen-bond acceptors (Lipinski definition) is 3. The predicted octanol–water partition coefficient (Wildman–Crippen LogP) is 1.07. The van der Waals surface area contributed by atoms with E-state index in [9.17, 15) is 4.79 Å². The molecule has 1 saturated carbocycles. The third-order valence-electron chi connectivity index (χ3n) is 3.35. The van der Waals surface area contributed by atoms with Crippen LogP contribution in [0.5, 0.6) is 0 Å². The second kappa shape index (κ2) is 3.59. The molecule has 1 saturated heterocycles. The molecule has 1 aliphatic carbocycles. The fourth-order valence-electron chi connectivity index (χ4n) is 2.63. The lowest BCUT2D eigenvalue weighted by atomic mass is 9.75. The van der Waals surface area contributed by atoms with Gasteiger partial charge in [0.05, 0.1) is 0 Å². The Hall–Kier alpha value is -1.06. The van der Waals surface area contributed by atoms with Crippen LogP contribution in [-0.2, 0) is 9.63 Å². The Morgan fingerprint density at radius 1 is 1.36 bits per heavy atom. The minimum Gasteiger partial charge on any atom is -0.399 e. The summed E-state index contributed by atoms with van der Waals surface area (Å²) >= 11 is 0. The summed E-state index contributed by atoms with van der Waals surface area (Å²) in [6.07, 6.45) is 5.60.